The zero-order chi connectivity index (χ0) is 31.5. The van der Waals surface area contributed by atoms with Gasteiger partial charge in [0.05, 0.1) is 42.7 Å². The first-order valence-corrected chi connectivity index (χ1v) is 17.7. The van der Waals surface area contributed by atoms with Crippen LogP contribution in [0.3, 0.4) is 0 Å². The van der Waals surface area contributed by atoms with Crippen LogP contribution in [0.15, 0.2) is 11.6 Å². The molecule has 8 atom stereocenters. The van der Waals surface area contributed by atoms with Crippen LogP contribution in [0.5, 0.6) is 0 Å². The summed E-state index contributed by atoms with van der Waals surface area (Å²) >= 11 is 0. The lowest BCUT2D eigenvalue weighted by atomic mass is 9.97. The third-order valence-electron chi connectivity index (χ3n) is 9.18. The van der Waals surface area contributed by atoms with Gasteiger partial charge in [0, 0.05) is 12.0 Å². The molecule has 0 aromatic rings. The Morgan fingerprint density at radius 1 is 0.721 bits per heavy atom. The van der Waals surface area contributed by atoms with Crippen LogP contribution in [0.25, 0.3) is 0 Å². The Kier molecular flexibility index (Phi) is 19.9. The molecule has 2 rings (SSSR count). The summed E-state index contributed by atoms with van der Waals surface area (Å²) in [4.78, 5) is 11.7. The lowest BCUT2D eigenvalue weighted by molar-refractivity contribution is -0.139. The van der Waals surface area contributed by atoms with Crippen LogP contribution in [-0.4, -0.2) is 80.3 Å². The Balaban J connectivity index is 1.46. The second kappa shape index (κ2) is 22.5. The van der Waals surface area contributed by atoms with E-state index in [0.717, 1.165) is 44.9 Å². The van der Waals surface area contributed by atoms with E-state index in [9.17, 15) is 30.3 Å². The van der Waals surface area contributed by atoms with Gasteiger partial charge in [0.15, 0.2) is 0 Å². The minimum atomic E-state index is -0.826. The van der Waals surface area contributed by atoms with Crippen molar-refractivity contribution in [3.05, 3.63) is 11.6 Å². The number of aliphatic hydroxyl groups excluding tert-OH is 5. The number of ether oxygens (including phenoxy) is 2. The van der Waals surface area contributed by atoms with Gasteiger partial charge in [-0.15, -0.1) is 0 Å². The lowest BCUT2D eigenvalue weighted by Gasteiger charge is -2.23. The van der Waals surface area contributed by atoms with Crippen LogP contribution in [0.1, 0.15) is 155 Å². The number of rotatable bonds is 26. The van der Waals surface area contributed by atoms with Crippen LogP contribution < -0.4 is 0 Å². The number of aliphatic hydroxyl groups is 5. The average molecular weight is 613 g/mol. The first-order chi connectivity index (χ1) is 20.7. The van der Waals surface area contributed by atoms with Gasteiger partial charge in [0.2, 0.25) is 0 Å². The Labute approximate surface area is 261 Å². The molecule has 0 spiro atoms. The van der Waals surface area contributed by atoms with E-state index in [-0.39, 0.29) is 24.3 Å². The summed E-state index contributed by atoms with van der Waals surface area (Å²) in [6, 6.07) is 0. The maximum Gasteiger partial charge on any atom is 0.334 e. The molecule has 0 bridgehead atoms. The van der Waals surface area contributed by atoms with Crippen LogP contribution in [0.4, 0.5) is 0 Å². The van der Waals surface area contributed by atoms with Gasteiger partial charge in [-0.3, -0.25) is 0 Å². The van der Waals surface area contributed by atoms with Crippen molar-refractivity contribution >= 4 is 5.97 Å². The third-order valence-corrected chi connectivity index (χ3v) is 9.18. The summed E-state index contributed by atoms with van der Waals surface area (Å²) in [5.41, 5.74) is 0.559. The van der Waals surface area contributed by atoms with Crippen molar-refractivity contribution in [1.29, 1.82) is 0 Å². The van der Waals surface area contributed by atoms with E-state index in [2.05, 4.69) is 6.92 Å². The molecule has 2 aliphatic rings. The van der Waals surface area contributed by atoms with Crippen molar-refractivity contribution in [2.75, 3.05) is 0 Å². The first kappa shape index (κ1) is 38.2. The summed E-state index contributed by atoms with van der Waals surface area (Å²) in [5, 5.41) is 52.1. The predicted molar refractivity (Wildman–Crippen MR) is 170 cm³/mol. The highest BCUT2D eigenvalue weighted by molar-refractivity contribution is 5.90. The number of carbonyl (C=O) groups excluding carboxylic acids is 1. The Hall–Kier alpha value is -1.03. The molecule has 5 N–H and O–H groups in total. The van der Waals surface area contributed by atoms with Gasteiger partial charge >= 0.3 is 5.97 Å². The largest absolute Gasteiger partial charge is 0.455 e. The van der Waals surface area contributed by atoms with Crippen molar-refractivity contribution in [1.82, 2.24) is 0 Å². The van der Waals surface area contributed by atoms with E-state index in [1.54, 1.807) is 13.0 Å². The summed E-state index contributed by atoms with van der Waals surface area (Å²) in [6.07, 6.45) is 17.9. The fourth-order valence-corrected chi connectivity index (χ4v) is 6.44. The smallest absolute Gasteiger partial charge is 0.334 e. The summed E-state index contributed by atoms with van der Waals surface area (Å²) in [6.45, 7) is 4.04. The third kappa shape index (κ3) is 16.7. The van der Waals surface area contributed by atoms with Crippen LogP contribution in [-0.2, 0) is 14.3 Å². The molecule has 0 aromatic heterocycles. The SMILES string of the molecule is CCCCCCCCCCCC[C@@H](O)[C@H](O)CC[C@H](O)[C@@H]1CC[C@H](C[C@H](O)CCCCC[C@@H](O)CC2=C[C@H](C)OC2=O)O1. The molecule has 43 heavy (non-hydrogen) atoms. The van der Waals surface area contributed by atoms with Gasteiger partial charge < -0.3 is 35.0 Å². The van der Waals surface area contributed by atoms with E-state index in [1.807, 2.05) is 0 Å². The van der Waals surface area contributed by atoms with Gasteiger partial charge in [0.25, 0.3) is 0 Å². The zero-order valence-electron chi connectivity index (χ0n) is 27.2. The fourth-order valence-electron chi connectivity index (χ4n) is 6.44. The molecule has 0 aromatic carbocycles. The van der Waals surface area contributed by atoms with Gasteiger partial charge in [-0.05, 0) is 64.4 Å². The van der Waals surface area contributed by atoms with Crippen molar-refractivity contribution in [2.24, 2.45) is 0 Å². The van der Waals surface area contributed by atoms with Crippen LogP contribution >= 0.6 is 0 Å². The number of hydrogen-bond donors (Lipinski definition) is 5. The molecule has 2 heterocycles. The lowest BCUT2D eigenvalue weighted by Crippen LogP contribution is -2.31. The molecule has 8 heteroatoms. The van der Waals surface area contributed by atoms with Crippen molar-refractivity contribution in [3.63, 3.8) is 0 Å². The minimum Gasteiger partial charge on any atom is -0.455 e. The minimum absolute atomic E-state index is 0.0786. The highest BCUT2D eigenvalue weighted by atomic mass is 16.5. The quantitative estimate of drug-likeness (QED) is 0.0590. The number of hydrogen-bond acceptors (Lipinski definition) is 8. The molecule has 1 fully saturated rings. The van der Waals surface area contributed by atoms with Crippen LogP contribution in [0.2, 0.25) is 0 Å². The van der Waals surface area contributed by atoms with Crippen molar-refractivity contribution in [3.8, 4) is 0 Å². The average Bonchev–Trinajstić information content (AvgIpc) is 3.56. The number of carbonyl (C=O) groups is 1. The summed E-state index contributed by atoms with van der Waals surface area (Å²) in [5.74, 6) is -0.329. The van der Waals surface area contributed by atoms with Gasteiger partial charge in [-0.25, -0.2) is 4.79 Å². The maximum absolute atomic E-state index is 11.7. The van der Waals surface area contributed by atoms with E-state index in [0.29, 0.717) is 50.5 Å². The topological polar surface area (TPSA) is 137 Å². The van der Waals surface area contributed by atoms with Crippen LogP contribution in [0, 0.1) is 0 Å². The molecule has 0 radical (unpaired) electrons. The summed E-state index contributed by atoms with van der Waals surface area (Å²) in [7, 11) is 0. The molecule has 1 saturated heterocycles. The van der Waals surface area contributed by atoms with E-state index in [4.69, 9.17) is 9.47 Å². The number of cyclic esters (lactones) is 1. The Morgan fingerprint density at radius 3 is 1.91 bits per heavy atom. The second-order valence-electron chi connectivity index (χ2n) is 13.3. The molecular formula is C35H64O8. The van der Waals surface area contributed by atoms with Gasteiger partial charge in [0.1, 0.15) is 6.10 Å². The molecule has 252 valence electrons. The molecule has 0 aliphatic carbocycles. The molecule has 0 amide bonds. The number of esters is 1. The van der Waals surface area contributed by atoms with E-state index in [1.165, 1.54) is 51.4 Å². The Bertz CT molecular complexity index is 758. The monoisotopic (exact) mass is 612 g/mol. The molecule has 2 aliphatic heterocycles. The van der Waals surface area contributed by atoms with Gasteiger partial charge in [-0.1, -0.05) is 90.4 Å². The summed E-state index contributed by atoms with van der Waals surface area (Å²) < 4.78 is 11.1. The highest BCUT2D eigenvalue weighted by Gasteiger charge is 2.32. The van der Waals surface area contributed by atoms with E-state index < -0.39 is 30.5 Å². The highest BCUT2D eigenvalue weighted by Crippen LogP contribution is 2.28. The molecular weight excluding hydrogens is 548 g/mol. The zero-order valence-corrected chi connectivity index (χ0v) is 27.2. The molecule has 0 saturated carbocycles. The molecule has 0 unspecified atom stereocenters. The van der Waals surface area contributed by atoms with Crippen molar-refractivity contribution < 1.29 is 39.8 Å². The normalized spacial score (nSPS) is 24.0. The molecule has 8 nitrogen and oxygen atoms in total. The second-order valence-corrected chi connectivity index (χ2v) is 13.3. The van der Waals surface area contributed by atoms with Gasteiger partial charge in [-0.2, -0.15) is 0 Å². The first-order valence-electron chi connectivity index (χ1n) is 17.7. The fraction of sp³-hybridized carbons (Fsp3) is 0.914. The maximum atomic E-state index is 11.7. The van der Waals surface area contributed by atoms with Crippen molar-refractivity contribution in [2.45, 2.75) is 204 Å². The Morgan fingerprint density at radius 2 is 1.28 bits per heavy atom. The van der Waals surface area contributed by atoms with E-state index >= 15 is 0 Å². The standard InChI is InChI=1S/C35H64O8/c1-3-4-5-6-7-8-9-10-11-15-18-31(38)32(39)20-21-33(40)34-22-19-30(43-34)25-29(37)17-14-12-13-16-28(36)24-27-23-26(2)42-35(27)41/h23,26,28-34,36-40H,3-22,24-25H2,1-2H3/t26-,28+,29+,30+,31+,32+,33-,34-/m0/s1. The predicted octanol–water partition coefficient (Wildman–Crippen LogP) is 6.03. The number of unbranched alkanes of at least 4 members (excludes halogenated alkanes) is 11.